The zero-order chi connectivity index (χ0) is 45.6. The number of Topliss-reactive ketones (excluding diaryl/α,β-unsaturated/α-hetero) is 1. The minimum Gasteiger partial charge on any atom is -0.496 e. The van der Waals surface area contributed by atoms with Gasteiger partial charge in [0.2, 0.25) is 5.91 Å². The number of nitrogens with zero attached hydrogens (tertiary/aromatic N) is 5. The van der Waals surface area contributed by atoms with Gasteiger partial charge in [0.15, 0.2) is 5.69 Å². The van der Waals surface area contributed by atoms with Crippen LogP contribution in [0, 0.1) is 23.7 Å². The standard InChI is InChI=1S/C49H68N6O8/c1-9-13-37(56)17-19-44(57)53(5)22-11-20-52(4)21-12-23-54(6)47(59)34-16-18-40(38(29-34)31(2)3)55-41(45-42(62-7)14-10-15-43(45)63-8)30-39(51-55)46(58)50-49(48(60)61)35-25-32-24-33(27-35)28-36(49)26-32/h10,14-16,18,29-33,35-36H,9,11-13,17,19-28H2,1-8H3,(H,50,58)(H,60,61). The predicted octanol–water partition coefficient (Wildman–Crippen LogP) is 7.08. The number of carboxylic acids is 1. The molecule has 14 nitrogen and oxygen atoms in total. The molecule has 0 unspecified atom stereocenters. The summed E-state index contributed by atoms with van der Waals surface area (Å²) in [5.74, 6) is 0.221. The van der Waals surface area contributed by atoms with Crippen LogP contribution in [0.1, 0.15) is 124 Å². The van der Waals surface area contributed by atoms with Gasteiger partial charge in [0, 0.05) is 52.0 Å². The van der Waals surface area contributed by atoms with Gasteiger partial charge in [-0.3, -0.25) is 19.2 Å². The number of amides is 3. The first-order chi connectivity index (χ1) is 30.1. The normalized spacial score (nSPS) is 21.1. The summed E-state index contributed by atoms with van der Waals surface area (Å²) in [6.07, 6.45) is 7.82. The zero-order valence-corrected chi connectivity index (χ0v) is 38.6. The molecular formula is C49H68N6O8. The van der Waals surface area contributed by atoms with Gasteiger partial charge in [-0.2, -0.15) is 5.10 Å². The van der Waals surface area contributed by atoms with Crippen LogP contribution in [0.25, 0.3) is 16.9 Å². The molecule has 0 aliphatic heterocycles. The summed E-state index contributed by atoms with van der Waals surface area (Å²) in [6, 6.07) is 12.6. The van der Waals surface area contributed by atoms with E-state index in [0.29, 0.717) is 71.8 Å². The van der Waals surface area contributed by atoms with E-state index in [4.69, 9.17) is 14.6 Å². The molecule has 0 radical (unpaired) electrons. The Morgan fingerprint density at radius 1 is 0.825 bits per heavy atom. The topological polar surface area (TPSA) is 164 Å². The second-order valence-electron chi connectivity index (χ2n) is 18.6. The van der Waals surface area contributed by atoms with Gasteiger partial charge in [-0.05, 0) is 143 Å². The molecule has 1 heterocycles. The van der Waals surface area contributed by atoms with E-state index in [2.05, 4.69) is 10.2 Å². The number of hydrogen-bond donors (Lipinski definition) is 2. The molecule has 3 aromatic rings. The molecule has 14 heteroatoms. The maximum absolute atomic E-state index is 14.4. The van der Waals surface area contributed by atoms with Crippen molar-refractivity contribution in [3.8, 4) is 28.4 Å². The zero-order valence-electron chi connectivity index (χ0n) is 38.6. The van der Waals surface area contributed by atoms with Crippen molar-refractivity contribution in [3.05, 3.63) is 59.3 Å². The summed E-state index contributed by atoms with van der Waals surface area (Å²) in [6.45, 7) is 8.78. The molecule has 63 heavy (non-hydrogen) atoms. The van der Waals surface area contributed by atoms with Gasteiger partial charge in [0.05, 0.1) is 31.2 Å². The molecule has 0 atom stereocenters. The molecule has 2 aromatic carbocycles. The van der Waals surface area contributed by atoms with E-state index in [1.54, 1.807) is 54.9 Å². The third-order valence-corrected chi connectivity index (χ3v) is 13.8. The van der Waals surface area contributed by atoms with Gasteiger partial charge in [0.1, 0.15) is 22.8 Å². The minimum absolute atomic E-state index is 0.00671. The van der Waals surface area contributed by atoms with Crippen molar-refractivity contribution in [1.82, 2.24) is 29.8 Å². The van der Waals surface area contributed by atoms with E-state index in [0.717, 1.165) is 70.0 Å². The van der Waals surface area contributed by atoms with Crippen LogP contribution in [0.2, 0.25) is 0 Å². The lowest BCUT2D eigenvalue weighted by Gasteiger charge is -2.59. The molecule has 4 aliphatic rings. The van der Waals surface area contributed by atoms with Crippen molar-refractivity contribution in [2.45, 2.75) is 103 Å². The number of carbonyl (C=O) groups is 5. The Morgan fingerprint density at radius 3 is 1.98 bits per heavy atom. The predicted molar refractivity (Wildman–Crippen MR) is 242 cm³/mol. The van der Waals surface area contributed by atoms with Crippen LogP contribution in [0.5, 0.6) is 11.5 Å². The van der Waals surface area contributed by atoms with Gasteiger partial charge in [-0.1, -0.05) is 26.8 Å². The highest BCUT2D eigenvalue weighted by Crippen LogP contribution is 2.58. The van der Waals surface area contributed by atoms with E-state index in [1.165, 1.54) is 0 Å². The molecule has 4 bridgehead atoms. The van der Waals surface area contributed by atoms with Crippen LogP contribution in [0.3, 0.4) is 0 Å². The lowest BCUT2D eigenvalue weighted by molar-refractivity contribution is -0.163. The average molecular weight is 869 g/mol. The Hall–Kier alpha value is -5.24. The quantitative estimate of drug-likeness (QED) is 0.107. The van der Waals surface area contributed by atoms with Gasteiger partial charge >= 0.3 is 5.97 Å². The van der Waals surface area contributed by atoms with Crippen LogP contribution >= 0.6 is 0 Å². The van der Waals surface area contributed by atoms with Crippen molar-refractivity contribution in [2.24, 2.45) is 23.7 Å². The molecule has 0 saturated heterocycles. The van der Waals surface area contributed by atoms with Crippen LogP contribution in [-0.2, 0) is 14.4 Å². The second-order valence-corrected chi connectivity index (χ2v) is 18.6. The lowest BCUT2D eigenvalue weighted by Crippen LogP contribution is -2.70. The highest BCUT2D eigenvalue weighted by molar-refractivity contribution is 5.98. The number of aromatic nitrogens is 2. The van der Waals surface area contributed by atoms with Crippen LogP contribution in [0.4, 0.5) is 0 Å². The maximum atomic E-state index is 14.4. The molecule has 4 saturated carbocycles. The van der Waals surface area contributed by atoms with E-state index >= 15 is 0 Å². The number of ether oxygens (including phenoxy) is 2. The van der Waals surface area contributed by atoms with E-state index < -0.39 is 17.4 Å². The fourth-order valence-corrected chi connectivity index (χ4v) is 10.6. The third kappa shape index (κ3) is 10.3. The second kappa shape index (κ2) is 20.5. The summed E-state index contributed by atoms with van der Waals surface area (Å²) < 4.78 is 13.3. The third-order valence-electron chi connectivity index (χ3n) is 13.8. The number of aliphatic carboxylic acids is 1. The number of carboxylic acid groups (broad SMARTS) is 1. The number of rotatable bonds is 22. The number of methoxy groups -OCH3 is 2. The van der Waals surface area contributed by atoms with Crippen LogP contribution in [-0.4, -0.2) is 126 Å². The van der Waals surface area contributed by atoms with Crippen molar-refractivity contribution in [1.29, 1.82) is 0 Å². The summed E-state index contributed by atoms with van der Waals surface area (Å²) in [5.41, 5.74) is 1.83. The number of carbonyl (C=O) groups excluding carboxylic acids is 4. The smallest absolute Gasteiger partial charge is 0.330 e. The Balaban J connectivity index is 1.18. The first-order valence-electron chi connectivity index (χ1n) is 22.8. The highest BCUT2D eigenvalue weighted by atomic mass is 16.5. The van der Waals surface area contributed by atoms with Crippen molar-refractivity contribution in [3.63, 3.8) is 0 Å². The molecule has 2 N–H and O–H groups in total. The Bertz CT molecular complexity index is 2100. The first-order valence-corrected chi connectivity index (χ1v) is 22.8. The van der Waals surface area contributed by atoms with Crippen molar-refractivity contribution < 1.29 is 38.6 Å². The molecule has 4 aliphatic carbocycles. The van der Waals surface area contributed by atoms with Gasteiger partial charge < -0.3 is 34.6 Å². The minimum atomic E-state index is -1.35. The first kappa shape index (κ1) is 47.2. The fraction of sp³-hybridized carbons (Fsp3) is 0.592. The summed E-state index contributed by atoms with van der Waals surface area (Å²) >= 11 is 0. The Labute approximate surface area is 372 Å². The Kier molecular flexibility index (Phi) is 15.4. The number of hydrogen-bond acceptors (Lipinski definition) is 9. The SMILES string of the molecule is CCCC(=O)CCC(=O)N(C)CCCN(C)CCCN(C)C(=O)c1ccc(-n2nc(C(=O)NC3(C(=O)O)C4CC5CC(C4)CC3C5)cc2-c2c(OC)cccc2OC)c(C(C)C)c1. The van der Waals surface area contributed by atoms with Crippen LogP contribution < -0.4 is 14.8 Å². The fourth-order valence-electron chi connectivity index (χ4n) is 10.6. The van der Waals surface area contributed by atoms with Crippen molar-refractivity contribution >= 4 is 29.5 Å². The molecule has 0 spiro atoms. The lowest BCUT2D eigenvalue weighted by atomic mass is 9.48. The molecule has 3 amide bonds. The largest absolute Gasteiger partial charge is 0.496 e. The molecule has 342 valence electrons. The van der Waals surface area contributed by atoms with Crippen LogP contribution in [0.15, 0.2) is 42.5 Å². The van der Waals surface area contributed by atoms with Gasteiger partial charge in [-0.25, -0.2) is 9.48 Å². The summed E-state index contributed by atoms with van der Waals surface area (Å²) in [7, 11) is 8.75. The summed E-state index contributed by atoms with van der Waals surface area (Å²) in [4.78, 5) is 71.4. The van der Waals surface area contributed by atoms with Gasteiger partial charge in [-0.15, -0.1) is 0 Å². The van der Waals surface area contributed by atoms with E-state index in [-0.39, 0.29) is 47.5 Å². The number of nitrogens with one attached hydrogen (secondary N) is 1. The number of benzene rings is 2. The van der Waals surface area contributed by atoms with Gasteiger partial charge in [0.25, 0.3) is 11.8 Å². The number of ketones is 1. The Morgan fingerprint density at radius 2 is 1.43 bits per heavy atom. The summed E-state index contributed by atoms with van der Waals surface area (Å²) in [5, 5.41) is 18.8. The molecule has 1 aromatic heterocycles. The van der Waals surface area contributed by atoms with E-state index in [1.807, 2.05) is 58.2 Å². The molecule has 7 rings (SSSR count). The molecular weight excluding hydrogens is 801 g/mol. The van der Waals surface area contributed by atoms with Crippen molar-refractivity contribution in [2.75, 3.05) is 61.5 Å². The average Bonchev–Trinajstić information content (AvgIpc) is 3.70. The highest BCUT2D eigenvalue weighted by Gasteiger charge is 2.62. The monoisotopic (exact) mass is 869 g/mol. The maximum Gasteiger partial charge on any atom is 0.330 e. The molecule has 4 fully saturated rings. The van der Waals surface area contributed by atoms with E-state index in [9.17, 15) is 29.1 Å².